The van der Waals surface area contributed by atoms with Gasteiger partial charge in [0.1, 0.15) is 16.4 Å². The predicted octanol–water partition coefficient (Wildman–Crippen LogP) is 0.986. The first-order valence-electron chi connectivity index (χ1n) is 5.49. The third kappa shape index (κ3) is 3.62. The molecule has 19 heavy (non-hydrogen) atoms. The van der Waals surface area contributed by atoms with Gasteiger partial charge in [0.15, 0.2) is 5.82 Å². The number of aliphatic hydroxyl groups is 1. The molecule has 0 unspecified atom stereocenters. The van der Waals surface area contributed by atoms with Crippen molar-refractivity contribution in [1.29, 1.82) is 0 Å². The lowest BCUT2D eigenvalue weighted by molar-refractivity contribution is 0.245. The van der Waals surface area contributed by atoms with E-state index in [-0.39, 0.29) is 13.0 Å². The minimum atomic E-state index is -4.19. The van der Waals surface area contributed by atoms with Gasteiger partial charge in [-0.2, -0.15) is 0 Å². The van der Waals surface area contributed by atoms with Gasteiger partial charge in [-0.15, -0.1) is 0 Å². The van der Waals surface area contributed by atoms with Crippen molar-refractivity contribution in [1.82, 2.24) is 4.72 Å². The summed E-state index contributed by atoms with van der Waals surface area (Å²) in [5.74, 6) is -2.35. The molecule has 1 aromatic rings. The maximum Gasteiger partial charge on any atom is 0.244 e. The largest absolute Gasteiger partial charge is 0.396 e. The number of nitrogens with two attached hydrogens (primary N) is 1. The molecule has 0 aliphatic heterocycles. The Hall–Kier alpha value is -1.25. The number of aliphatic hydroxyl groups excluding tert-OH is 1. The second-order valence-corrected chi connectivity index (χ2v) is 6.39. The van der Waals surface area contributed by atoms with Crippen LogP contribution in [0, 0.1) is 11.6 Å². The van der Waals surface area contributed by atoms with Crippen LogP contribution in [0.4, 0.5) is 14.5 Å². The van der Waals surface area contributed by atoms with Crippen molar-refractivity contribution in [2.75, 3.05) is 12.3 Å². The molecule has 0 spiro atoms. The van der Waals surface area contributed by atoms with Crippen LogP contribution in [0.5, 0.6) is 0 Å². The molecule has 4 N–H and O–H groups in total. The van der Waals surface area contributed by atoms with Crippen molar-refractivity contribution in [3.8, 4) is 0 Å². The van der Waals surface area contributed by atoms with Crippen LogP contribution in [0.15, 0.2) is 17.0 Å². The molecular weight excluding hydrogens is 278 g/mol. The number of nitrogens with one attached hydrogen (secondary N) is 1. The summed E-state index contributed by atoms with van der Waals surface area (Å²) < 4.78 is 52.9. The van der Waals surface area contributed by atoms with Crippen molar-refractivity contribution in [3.63, 3.8) is 0 Å². The summed E-state index contributed by atoms with van der Waals surface area (Å²) in [6, 6.07) is 1.59. The van der Waals surface area contributed by atoms with E-state index in [2.05, 4.69) is 4.72 Å². The van der Waals surface area contributed by atoms with Crippen LogP contribution in [0.25, 0.3) is 0 Å². The van der Waals surface area contributed by atoms with E-state index in [0.29, 0.717) is 0 Å². The molecule has 0 fully saturated rings. The molecule has 0 atom stereocenters. The molecule has 0 aromatic heterocycles. The molecule has 108 valence electrons. The molecule has 0 saturated heterocycles. The van der Waals surface area contributed by atoms with E-state index in [4.69, 9.17) is 10.8 Å². The third-order valence-electron chi connectivity index (χ3n) is 2.53. The Morgan fingerprint density at radius 3 is 2.47 bits per heavy atom. The van der Waals surface area contributed by atoms with Crippen LogP contribution in [-0.4, -0.2) is 25.7 Å². The first-order valence-corrected chi connectivity index (χ1v) is 6.97. The van der Waals surface area contributed by atoms with E-state index >= 15 is 0 Å². The van der Waals surface area contributed by atoms with Gasteiger partial charge in [0.2, 0.25) is 10.0 Å². The zero-order valence-electron chi connectivity index (χ0n) is 10.6. The van der Waals surface area contributed by atoms with Crippen molar-refractivity contribution >= 4 is 15.7 Å². The molecule has 1 aromatic carbocycles. The topological polar surface area (TPSA) is 92.4 Å². The molecule has 0 bridgehead atoms. The fourth-order valence-corrected chi connectivity index (χ4v) is 3.04. The summed E-state index contributed by atoms with van der Waals surface area (Å²) >= 11 is 0. The van der Waals surface area contributed by atoms with E-state index < -0.39 is 37.8 Å². The van der Waals surface area contributed by atoms with Crippen molar-refractivity contribution in [3.05, 3.63) is 23.8 Å². The van der Waals surface area contributed by atoms with Crippen molar-refractivity contribution < 1.29 is 22.3 Å². The molecule has 0 aliphatic rings. The van der Waals surface area contributed by atoms with E-state index in [1.165, 1.54) is 13.8 Å². The van der Waals surface area contributed by atoms with Gasteiger partial charge in [-0.25, -0.2) is 21.9 Å². The fourth-order valence-electron chi connectivity index (χ4n) is 1.51. The Bertz CT molecular complexity index is 574. The maximum absolute atomic E-state index is 13.7. The summed E-state index contributed by atoms with van der Waals surface area (Å²) in [5, 5.41) is 8.83. The summed E-state index contributed by atoms with van der Waals surface area (Å²) in [6.07, 6.45) is 0.143. The van der Waals surface area contributed by atoms with E-state index in [1.54, 1.807) is 0 Å². The normalized spacial score (nSPS) is 12.7. The van der Waals surface area contributed by atoms with Crippen LogP contribution in [0.2, 0.25) is 0 Å². The lowest BCUT2D eigenvalue weighted by atomic mass is 10.0. The predicted molar refractivity (Wildman–Crippen MR) is 66.9 cm³/mol. The van der Waals surface area contributed by atoms with E-state index in [1.807, 2.05) is 0 Å². The van der Waals surface area contributed by atoms with Crippen LogP contribution < -0.4 is 10.5 Å². The van der Waals surface area contributed by atoms with Gasteiger partial charge < -0.3 is 10.8 Å². The van der Waals surface area contributed by atoms with Crippen LogP contribution in [0.3, 0.4) is 0 Å². The van der Waals surface area contributed by atoms with Gasteiger partial charge in [-0.05, 0) is 32.4 Å². The standard InChI is InChI=1S/C11H16F2N2O3S/c1-11(2,5-6-16)15-19(17,18)8-4-3-7(12)10(14)9(8)13/h3-4,15-16H,5-6,14H2,1-2H3. The number of anilines is 1. The van der Waals surface area contributed by atoms with Gasteiger partial charge >= 0.3 is 0 Å². The third-order valence-corrected chi connectivity index (χ3v) is 4.24. The Balaban J connectivity index is 3.19. The number of hydrogen-bond donors (Lipinski definition) is 3. The first kappa shape index (κ1) is 15.8. The van der Waals surface area contributed by atoms with Crippen molar-refractivity contribution in [2.24, 2.45) is 0 Å². The van der Waals surface area contributed by atoms with Crippen molar-refractivity contribution in [2.45, 2.75) is 30.7 Å². The Kier molecular flexibility index (Phi) is 4.49. The second kappa shape index (κ2) is 5.40. The monoisotopic (exact) mass is 294 g/mol. The second-order valence-electron chi connectivity index (χ2n) is 4.74. The summed E-state index contributed by atoms with van der Waals surface area (Å²) in [7, 11) is -4.19. The van der Waals surface area contributed by atoms with Gasteiger partial charge in [-0.3, -0.25) is 0 Å². The van der Waals surface area contributed by atoms with Gasteiger partial charge in [0.25, 0.3) is 0 Å². The Labute approximate surface area is 110 Å². The average molecular weight is 294 g/mol. The minimum Gasteiger partial charge on any atom is -0.396 e. The molecular formula is C11H16F2N2O3S. The van der Waals surface area contributed by atoms with Crippen LogP contribution >= 0.6 is 0 Å². The number of rotatable bonds is 5. The highest BCUT2D eigenvalue weighted by atomic mass is 32.2. The number of sulfonamides is 1. The number of hydrogen-bond acceptors (Lipinski definition) is 4. The van der Waals surface area contributed by atoms with Gasteiger partial charge in [0.05, 0.1) is 0 Å². The van der Waals surface area contributed by atoms with Crippen LogP contribution in [0.1, 0.15) is 20.3 Å². The van der Waals surface area contributed by atoms with E-state index in [9.17, 15) is 17.2 Å². The van der Waals surface area contributed by atoms with Crippen LogP contribution in [-0.2, 0) is 10.0 Å². The fraction of sp³-hybridized carbons (Fsp3) is 0.455. The molecule has 8 heteroatoms. The zero-order valence-corrected chi connectivity index (χ0v) is 11.4. The first-order chi connectivity index (χ1) is 8.60. The van der Waals surface area contributed by atoms with Gasteiger partial charge in [-0.1, -0.05) is 0 Å². The van der Waals surface area contributed by atoms with E-state index in [0.717, 1.165) is 12.1 Å². The molecule has 0 amide bonds. The maximum atomic E-state index is 13.7. The lowest BCUT2D eigenvalue weighted by Crippen LogP contribution is -2.44. The number of halogens is 2. The SMILES string of the molecule is CC(C)(CCO)NS(=O)(=O)c1ccc(F)c(N)c1F. The average Bonchev–Trinajstić information content (AvgIpc) is 2.23. The molecule has 0 saturated carbocycles. The Morgan fingerprint density at radius 2 is 1.95 bits per heavy atom. The molecule has 0 radical (unpaired) electrons. The molecule has 5 nitrogen and oxygen atoms in total. The highest BCUT2D eigenvalue weighted by Crippen LogP contribution is 2.24. The molecule has 0 aliphatic carbocycles. The number of benzene rings is 1. The molecule has 0 heterocycles. The number of nitrogen functional groups attached to an aromatic ring is 1. The smallest absolute Gasteiger partial charge is 0.244 e. The zero-order chi connectivity index (χ0) is 14.8. The highest BCUT2D eigenvalue weighted by molar-refractivity contribution is 7.89. The summed E-state index contributed by atoms with van der Waals surface area (Å²) in [4.78, 5) is -0.725. The summed E-state index contributed by atoms with van der Waals surface area (Å²) in [5.41, 5.74) is 3.31. The quantitative estimate of drug-likeness (QED) is 0.706. The highest BCUT2D eigenvalue weighted by Gasteiger charge is 2.29. The summed E-state index contributed by atoms with van der Waals surface area (Å²) in [6.45, 7) is 2.83. The molecule has 1 rings (SSSR count). The Morgan fingerprint density at radius 1 is 1.37 bits per heavy atom. The van der Waals surface area contributed by atoms with Gasteiger partial charge in [0, 0.05) is 12.1 Å². The lowest BCUT2D eigenvalue weighted by Gasteiger charge is -2.25. The minimum absolute atomic E-state index is 0.143.